The molecule has 1 fully saturated rings. The molecule has 1 aliphatic heterocycles. The van der Waals surface area contributed by atoms with Gasteiger partial charge in [0.05, 0.1) is 20.9 Å². The maximum absolute atomic E-state index is 13.1. The van der Waals surface area contributed by atoms with Crippen molar-refractivity contribution >= 4 is 49.5 Å². The highest BCUT2D eigenvalue weighted by atomic mass is 35.5. The molecule has 30 heavy (non-hydrogen) atoms. The van der Waals surface area contributed by atoms with Crippen molar-refractivity contribution in [2.45, 2.75) is 36.3 Å². The minimum atomic E-state index is -3.52. The van der Waals surface area contributed by atoms with Gasteiger partial charge >= 0.3 is 0 Å². The Morgan fingerprint density at radius 2 is 1.87 bits per heavy atom. The molecule has 1 saturated heterocycles. The highest BCUT2D eigenvalue weighted by Gasteiger charge is 2.33. The number of halogens is 2. The van der Waals surface area contributed by atoms with Gasteiger partial charge in [-0.1, -0.05) is 47.5 Å². The molecule has 0 N–H and O–H groups in total. The van der Waals surface area contributed by atoms with E-state index in [-0.39, 0.29) is 9.92 Å². The SMILES string of the molecule is Cc1ccccc1Cc1csc(N2CCC(S(=O)(=O)c3cc(Cl)ccc3Cl)CC2)n1. The normalized spacial score (nSPS) is 15.5. The number of aromatic nitrogens is 1. The Morgan fingerprint density at radius 1 is 1.13 bits per heavy atom. The summed E-state index contributed by atoms with van der Waals surface area (Å²) >= 11 is 13.8. The second-order valence-electron chi connectivity index (χ2n) is 7.53. The summed E-state index contributed by atoms with van der Waals surface area (Å²) in [7, 11) is -3.52. The van der Waals surface area contributed by atoms with Crippen LogP contribution in [0.25, 0.3) is 0 Å². The third kappa shape index (κ3) is 4.52. The summed E-state index contributed by atoms with van der Waals surface area (Å²) < 4.78 is 26.1. The summed E-state index contributed by atoms with van der Waals surface area (Å²) in [6.45, 7) is 3.42. The lowest BCUT2D eigenvalue weighted by Crippen LogP contribution is -2.39. The molecule has 2 aromatic carbocycles. The zero-order valence-electron chi connectivity index (χ0n) is 16.5. The van der Waals surface area contributed by atoms with Crippen LogP contribution in [0.15, 0.2) is 52.7 Å². The van der Waals surface area contributed by atoms with Gasteiger partial charge in [0, 0.05) is 29.9 Å². The molecule has 0 amide bonds. The van der Waals surface area contributed by atoms with E-state index >= 15 is 0 Å². The smallest absolute Gasteiger partial charge is 0.185 e. The molecule has 158 valence electrons. The zero-order chi connectivity index (χ0) is 21.3. The largest absolute Gasteiger partial charge is 0.348 e. The predicted molar refractivity (Wildman–Crippen MR) is 125 cm³/mol. The van der Waals surface area contributed by atoms with E-state index in [9.17, 15) is 8.42 Å². The minimum Gasteiger partial charge on any atom is -0.348 e. The lowest BCUT2D eigenvalue weighted by molar-refractivity contribution is 0.529. The third-order valence-electron chi connectivity index (χ3n) is 5.52. The van der Waals surface area contributed by atoms with Gasteiger partial charge in [0.2, 0.25) is 0 Å². The lowest BCUT2D eigenvalue weighted by atomic mass is 10.1. The molecule has 1 aromatic heterocycles. The van der Waals surface area contributed by atoms with E-state index in [2.05, 4.69) is 29.3 Å². The van der Waals surface area contributed by atoms with Crippen LogP contribution in [0.5, 0.6) is 0 Å². The number of anilines is 1. The van der Waals surface area contributed by atoms with Gasteiger partial charge in [0.25, 0.3) is 0 Å². The number of rotatable bonds is 5. The lowest BCUT2D eigenvalue weighted by Gasteiger charge is -2.31. The molecule has 0 unspecified atom stereocenters. The number of nitrogens with zero attached hydrogens (tertiary/aromatic N) is 2. The number of benzene rings is 2. The number of hydrogen-bond acceptors (Lipinski definition) is 5. The highest BCUT2D eigenvalue weighted by molar-refractivity contribution is 7.92. The molecular formula is C22H22Cl2N2O2S2. The molecule has 0 radical (unpaired) electrons. The molecule has 3 aromatic rings. The summed E-state index contributed by atoms with van der Waals surface area (Å²) in [6.07, 6.45) is 1.89. The first-order valence-electron chi connectivity index (χ1n) is 9.77. The molecular weight excluding hydrogens is 459 g/mol. The molecule has 0 atom stereocenters. The van der Waals surface area contributed by atoms with Gasteiger partial charge in [-0.2, -0.15) is 0 Å². The van der Waals surface area contributed by atoms with Crippen LogP contribution in [0.3, 0.4) is 0 Å². The number of hydrogen-bond donors (Lipinski definition) is 0. The molecule has 0 saturated carbocycles. The summed E-state index contributed by atoms with van der Waals surface area (Å²) in [5.41, 5.74) is 3.58. The van der Waals surface area contributed by atoms with E-state index in [0.29, 0.717) is 31.0 Å². The Morgan fingerprint density at radius 3 is 2.60 bits per heavy atom. The Hall–Kier alpha value is -1.60. The molecule has 4 nitrogen and oxygen atoms in total. The maximum Gasteiger partial charge on any atom is 0.185 e. The second kappa shape index (κ2) is 8.87. The molecule has 1 aliphatic rings. The van der Waals surface area contributed by atoms with Crippen LogP contribution in [0, 0.1) is 6.92 Å². The van der Waals surface area contributed by atoms with Crippen molar-refractivity contribution in [3.8, 4) is 0 Å². The van der Waals surface area contributed by atoms with Gasteiger partial charge in [-0.25, -0.2) is 13.4 Å². The van der Waals surface area contributed by atoms with Gasteiger partial charge in [-0.05, 0) is 49.1 Å². The van der Waals surface area contributed by atoms with E-state index in [1.807, 2.05) is 12.1 Å². The Kier molecular flexibility index (Phi) is 6.39. The van der Waals surface area contributed by atoms with E-state index in [1.54, 1.807) is 17.4 Å². The second-order valence-corrected chi connectivity index (χ2v) is 11.4. The Labute approximate surface area is 191 Å². The standard InChI is InChI=1S/C22H22Cl2N2O2S2/c1-15-4-2-3-5-16(15)12-18-14-29-22(25-18)26-10-8-19(9-11-26)30(27,28)21-13-17(23)6-7-20(21)24/h2-7,13-14,19H,8-12H2,1H3. The van der Waals surface area contributed by atoms with Crippen molar-refractivity contribution < 1.29 is 8.42 Å². The number of sulfone groups is 1. The first-order chi connectivity index (χ1) is 14.3. The van der Waals surface area contributed by atoms with Crippen molar-refractivity contribution in [1.82, 2.24) is 4.98 Å². The predicted octanol–water partition coefficient (Wildman–Crippen LogP) is 5.79. The molecule has 0 spiro atoms. The van der Waals surface area contributed by atoms with Crippen LogP contribution < -0.4 is 4.90 Å². The van der Waals surface area contributed by atoms with E-state index in [0.717, 1.165) is 17.2 Å². The summed E-state index contributed by atoms with van der Waals surface area (Å²) in [6, 6.07) is 12.9. The van der Waals surface area contributed by atoms with E-state index < -0.39 is 15.1 Å². The van der Waals surface area contributed by atoms with Crippen LogP contribution in [0.4, 0.5) is 5.13 Å². The van der Waals surface area contributed by atoms with E-state index in [1.165, 1.54) is 23.3 Å². The van der Waals surface area contributed by atoms with Crippen molar-refractivity contribution in [3.05, 3.63) is 74.7 Å². The van der Waals surface area contributed by atoms with Gasteiger partial charge < -0.3 is 4.90 Å². The fourth-order valence-corrected chi connectivity index (χ4v) is 7.14. The maximum atomic E-state index is 13.1. The summed E-state index contributed by atoms with van der Waals surface area (Å²) in [5.74, 6) is 0. The number of piperidine rings is 1. The van der Waals surface area contributed by atoms with Gasteiger partial charge in [-0.3, -0.25) is 0 Å². The van der Waals surface area contributed by atoms with Crippen LogP contribution in [-0.4, -0.2) is 31.7 Å². The highest BCUT2D eigenvalue weighted by Crippen LogP contribution is 2.33. The third-order valence-corrected chi connectivity index (χ3v) is 9.45. The van der Waals surface area contributed by atoms with Gasteiger partial charge in [0.1, 0.15) is 0 Å². The van der Waals surface area contributed by atoms with Crippen molar-refractivity contribution in [3.63, 3.8) is 0 Å². The molecule has 2 heterocycles. The quantitative estimate of drug-likeness (QED) is 0.463. The van der Waals surface area contributed by atoms with Crippen molar-refractivity contribution in [2.75, 3.05) is 18.0 Å². The minimum absolute atomic E-state index is 0.130. The fraction of sp³-hybridized carbons (Fsp3) is 0.318. The zero-order valence-corrected chi connectivity index (χ0v) is 19.7. The van der Waals surface area contributed by atoms with Crippen LogP contribution >= 0.6 is 34.5 Å². The molecule has 0 bridgehead atoms. The molecule has 0 aliphatic carbocycles. The Bertz CT molecular complexity index is 1150. The van der Waals surface area contributed by atoms with Crippen LogP contribution in [0.2, 0.25) is 10.0 Å². The topological polar surface area (TPSA) is 50.3 Å². The van der Waals surface area contributed by atoms with Crippen molar-refractivity contribution in [1.29, 1.82) is 0 Å². The first kappa shape index (κ1) is 21.6. The van der Waals surface area contributed by atoms with E-state index in [4.69, 9.17) is 28.2 Å². The Balaban J connectivity index is 1.43. The van der Waals surface area contributed by atoms with Crippen molar-refractivity contribution in [2.24, 2.45) is 0 Å². The van der Waals surface area contributed by atoms with Gasteiger partial charge in [-0.15, -0.1) is 11.3 Å². The monoisotopic (exact) mass is 480 g/mol. The molecule has 4 rings (SSSR count). The average Bonchev–Trinajstić information content (AvgIpc) is 3.20. The summed E-state index contributed by atoms with van der Waals surface area (Å²) in [5, 5.41) is 3.18. The fourth-order valence-electron chi connectivity index (χ4n) is 3.76. The van der Waals surface area contributed by atoms with Crippen LogP contribution in [0.1, 0.15) is 29.7 Å². The average molecular weight is 481 g/mol. The first-order valence-corrected chi connectivity index (χ1v) is 13.0. The molecule has 8 heteroatoms. The summed E-state index contributed by atoms with van der Waals surface area (Å²) in [4.78, 5) is 7.11. The van der Waals surface area contributed by atoms with Gasteiger partial charge in [0.15, 0.2) is 15.0 Å². The number of aryl methyl sites for hydroxylation is 1. The van der Waals surface area contributed by atoms with Crippen LogP contribution in [-0.2, 0) is 16.3 Å². The number of thiazole rings is 1.